The lowest BCUT2D eigenvalue weighted by Crippen LogP contribution is -2.29. The monoisotopic (exact) mass is 378 g/mol. The van der Waals surface area contributed by atoms with E-state index in [2.05, 4.69) is 17.4 Å². The van der Waals surface area contributed by atoms with Crippen LogP contribution in [0.25, 0.3) is 0 Å². The summed E-state index contributed by atoms with van der Waals surface area (Å²) in [6.45, 7) is 1.27. The first-order valence-electron chi connectivity index (χ1n) is 7.65. The third kappa shape index (κ3) is 3.74. The van der Waals surface area contributed by atoms with Crippen LogP contribution in [0.1, 0.15) is 10.4 Å². The zero-order chi connectivity index (χ0) is 18.0. The molecule has 8 heteroatoms. The Labute approximate surface area is 152 Å². The van der Waals surface area contributed by atoms with Crippen molar-refractivity contribution in [2.45, 2.75) is 4.90 Å². The first-order chi connectivity index (χ1) is 11.9. The predicted molar refractivity (Wildman–Crippen MR) is 101 cm³/mol. The second-order valence-corrected chi connectivity index (χ2v) is 7.66. The maximum atomic E-state index is 12.6. The minimum Gasteiger partial charge on any atom is -0.490 e. The Hall–Kier alpha value is -2.19. The molecule has 3 rings (SSSR count). The summed E-state index contributed by atoms with van der Waals surface area (Å²) in [5, 5.41) is 0. The first-order valence-corrected chi connectivity index (χ1v) is 9.77. The van der Waals surface area contributed by atoms with E-state index in [1.807, 2.05) is 11.9 Å². The number of fused-ring (bicyclic) bond motifs is 1. The van der Waals surface area contributed by atoms with E-state index in [-0.39, 0.29) is 16.4 Å². The van der Waals surface area contributed by atoms with Crippen molar-refractivity contribution in [2.24, 2.45) is 0 Å². The molecular formula is C17H18N2O4S2. The van der Waals surface area contributed by atoms with Crippen LogP contribution < -0.4 is 14.4 Å². The SMILES string of the molecule is CN1CCOc2cc(S(=O)(=O)Nc3ccc(C(=O)CS)cc3)ccc21. The van der Waals surface area contributed by atoms with Crippen molar-refractivity contribution in [3.63, 3.8) is 0 Å². The smallest absolute Gasteiger partial charge is 0.262 e. The van der Waals surface area contributed by atoms with Crippen molar-refractivity contribution in [3.8, 4) is 5.75 Å². The fourth-order valence-corrected chi connectivity index (χ4v) is 3.79. The molecule has 0 unspecified atom stereocenters. The number of thiol groups is 1. The number of nitrogens with zero attached hydrogens (tertiary/aromatic N) is 1. The molecule has 0 bridgehead atoms. The van der Waals surface area contributed by atoms with Crippen LogP contribution in [0.2, 0.25) is 0 Å². The number of sulfonamides is 1. The largest absolute Gasteiger partial charge is 0.490 e. The highest BCUT2D eigenvalue weighted by atomic mass is 32.2. The lowest BCUT2D eigenvalue weighted by Gasteiger charge is -2.27. The quantitative estimate of drug-likeness (QED) is 0.617. The number of likely N-dealkylation sites (N-methyl/N-ethyl adjacent to an activating group) is 1. The molecule has 2 aromatic carbocycles. The number of hydrogen-bond donors (Lipinski definition) is 2. The van der Waals surface area contributed by atoms with Crippen LogP contribution in [-0.4, -0.2) is 40.2 Å². The van der Waals surface area contributed by atoms with Gasteiger partial charge in [-0.2, -0.15) is 12.6 Å². The second kappa shape index (κ2) is 6.97. The lowest BCUT2D eigenvalue weighted by molar-refractivity contribution is 0.102. The Morgan fingerprint density at radius 1 is 1.24 bits per heavy atom. The second-order valence-electron chi connectivity index (χ2n) is 5.66. The molecule has 0 amide bonds. The van der Waals surface area contributed by atoms with Gasteiger partial charge >= 0.3 is 0 Å². The highest BCUT2D eigenvalue weighted by Gasteiger charge is 2.20. The van der Waals surface area contributed by atoms with Crippen molar-refractivity contribution in [1.82, 2.24) is 0 Å². The molecule has 0 saturated heterocycles. The molecule has 1 heterocycles. The van der Waals surface area contributed by atoms with Crippen LogP contribution in [0.4, 0.5) is 11.4 Å². The van der Waals surface area contributed by atoms with Gasteiger partial charge in [0.05, 0.1) is 22.9 Å². The summed E-state index contributed by atoms with van der Waals surface area (Å²) >= 11 is 3.94. The van der Waals surface area contributed by atoms with E-state index in [1.165, 1.54) is 6.07 Å². The standard InChI is InChI=1S/C17H18N2O4S2/c1-19-8-9-23-17-10-14(6-7-15(17)19)25(21,22)18-13-4-2-12(3-5-13)16(20)11-24/h2-7,10,18,24H,8-9,11H2,1H3. The van der Waals surface area contributed by atoms with Crippen LogP contribution in [0.5, 0.6) is 5.75 Å². The molecule has 0 radical (unpaired) electrons. The van der Waals surface area contributed by atoms with Gasteiger partial charge in [0, 0.05) is 24.4 Å². The molecule has 1 aliphatic rings. The average molecular weight is 378 g/mol. The number of benzene rings is 2. The van der Waals surface area contributed by atoms with E-state index in [0.717, 1.165) is 12.2 Å². The third-order valence-corrected chi connectivity index (χ3v) is 5.61. The summed E-state index contributed by atoms with van der Waals surface area (Å²) in [7, 11) is -1.82. The van der Waals surface area contributed by atoms with Gasteiger partial charge in [0.2, 0.25) is 0 Å². The number of nitrogens with one attached hydrogen (secondary N) is 1. The van der Waals surface area contributed by atoms with E-state index in [9.17, 15) is 13.2 Å². The summed E-state index contributed by atoms with van der Waals surface area (Å²) in [6, 6.07) is 11.0. The van der Waals surface area contributed by atoms with Crippen LogP contribution in [0.15, 0.2) is 47.4 Å². The van der Waals surface area contributed by atoms with Crippen molar-refractivity contribution in [1.29, 1.82) is 0 Å². The molecule has 0 atom stereocenters. The highest BCUT2D eigenvalue weighted by molar-refractivity contribution is 7.92. The van der Waals surface area contributed by atoms with Gasteiger partial charge in [-0.15, -0.1) is 0 Å². The number of carbonyl (C=O) groups is 1. The minimum atomic E-state index is -3.75. The van der Waals surface area contributed by atoms with Gasteiger partial charge in [-0.25, -0.2) is 8.42 Å². The maximum absolute atomic E-state index is 12.6. The molecule has 0 aliphatic carbocycles. The molecule has 25 heavy (non-hydrogen) atoms. The Balaban J connectivity index is 1.83. The number of anilines is 2. The fraction of sp³-hybridized carbons (Fsp3) is 0.235. The Morgan fingerprint density at radius 2 is 1.96 bits per heavy atom. The number of rotatable bonds is 5. The van der Waals surface area contributed by atoms with Gasteiger partial charge in [-0.05, 0) is 36.4 Å². The van der Waals surface area contributed by atoms with E-state index >= 15 is 0 Å². The molecule has 2 aromatic rings. The summed E-state index contributed by atoms with van der Waals surface area (Å²) in [4.78, 5) is 13.7. The minimum absolute atomic E-state index is 0.106. The van der Waals surface area contributed by atoms with E-state index in [0.29, 0.717) is 23.6 Å². The van der Waals surface area contributed by atoms with Crippen molar-refractivity contribution in [3.05, 3.63) is 48.0 Å². The van der Waals surface area contributed by atoms with Crippen LogP contribution >= 0.6 is 12.6 Å². The summed E-state index contributed by atoms with van der Waals surface area (Å²) in [6.07, 6.45) is 0. The molecule has 0 aromatic heterocycles. The van der Waals surface area contributed by atoms with Crippen LogP contribution in [0, 0.1) is 0 Å². The van der Waals surface area contributed by atoms with Gasteiger partial charge < -0.3 is 9.64 Å². The van der Waals surface area contributed by atoms with Gasteiger partial charge in [0.15, 0.2) is 5.78 Å². The number of hydrogen-bond acceptors (Lipinski definition) is 6. The summed E-state index contributed by atoms with van der Waals surface area (Å²) in [5.74, 6) is 0.536. The van der Waals surface area contributed by atoms with Crippen molar-refractivity contribution < 1.29 is 17.9 Å². The zero-order valence-corrected chi connectivity index (χ0v) is 15.3. The lowest BCUT2D eigenvalue weighted by atomic mass is 10.1. The van der Waals surface area contributed by atoms with Crippen molar-refractivity contribution >= 4 is 39.8 Å². The van der Waals surface area contributed by atoms with Gasteiger partial charge in [0.1, 0.15) is 12.4 Å². The molecule has 132 valence electrons. The molecule has 0 spiro atoms. The Bertz CT molecular complexity index is 895. The zero-order valence-electron chi connectivity index (χ0n) is 13.6. The molecule has 0 saturated carbocycles. The molecule has 6 nitrogen and oxygen atoms in total. The van der Waals surface area contributed by atoms with Crippen LogP contribution in [0.3, 0.4) is 0 Å². The summed E-state index contributed by atoms with van der Waals surface area (Å²) < 4.78 is 33.2. The maximum Gasteiger partial charge on any atom is 0.262 e. The average Bonchev–Trinajstić information content (AvgIpc) is 2.61. The third-order valence-electron chi connectivity index (χ3n) is 3.94. The highest BCUT2D eigenvalue weighted by Crippen LogP contribution is 2.33. The molecule has 0 fully saturated rings. The van der Waals surface area contributed by atoms with E-state index in [1.54, 1.807) is 36.4 Å². The molecule has 1 aliphatic heterocycles. The van der Waals surface area contributed by atoms with Crippen molar-refractivity contribution in [2.75, 3.05) is 35.6 Å². The fourth-order valence-electron chi connectivity index (χ4n) is 2.54. The molecular weight excluding hydrogens is 360 g/mol. The number of Topliss-reactive ketones (excluding diaryl/α,β-unsaturated/α-hetero) is 1. The Morgan fingerprint density at radius 3 is 2.64 bits per heavy atom. The Kier molecular flexibility index (Phi) is 4.91. The predicted octanol–water partition coefficient (Wildman–Crippen LogP) is 2.43. The summed E-state index contributed by atoms with van der Waals surface area (Å²) in [5.41, 5.74) is 1.73. The topological polar surface area (TPSA) is 75.7 Å². The number of carbonyl (C=O) groups excluding carboxylic acids is 1. The van der Waals surface area contributed by atoms with Gasteiger partial charge in [-0.1, -0.05) is 0 Å². The van der Waals surface area contributed by atoms with Gasteiger partial charge in [-0.3, -0.25) is 9.52 Å². The normalized spacial score (nSPS) is 13.8. The van der Waals surface area contributed by atoms with Gasteiger partial charge in [0.25, 0.3) is 10.0 Å². The van der Waals surface area contributed by atoms with E-state index in [4.69, 9.17) is 4.74 Å². The van der Waals surface area contributed by atoms with Crippen LogP contribution in [-0.2, 0) is 10.0 Å². The number of ether oxygens (including phenoxy) is 1. The number of ketones is 1. The molecule has 1 N–H and O–H groups in total. The first kappa shape index (κ1) is 17.6. The van der Waals surface area contributed by atoms with E-state index < -0.39 is 10.0 Å².